The third-order valence-corrected chi connectivity index (χ3v) is 2.71. The molecule has 20 heavy (non-hydrogen) atoms. The molecule has 1 aromatic rings. The van der Waals surface area contributed by atoms with E-state index in [4.69, 9.17) is 10.00 Å². The largest absolute Gasteiger partial charge is 0.496 e. The topological polar surface area (TPSA) is 77.4 Å². The number of nitrogens with one attached hydrogen (secondary N) is 2. The molecule has 0 saturated heterocycles. The summed E-state index contributed by atoms with van der Waals surface area (Å²) in [5, 5.41) is 14.8. The molecule has 0 saturated carbocycles. The second-order valence-electron chi connectivity index (χ2n) is 4.44. The molecule has 108 valence electrons. The lowest BCUT2D eigenvalue weighted by molar-refractivity contribution is 0.217. The van der Waals surface area contributed by atoms with E-state index in [2.05, 4.69) is 16.7 Å². The van der Waals surface area contributed by atoms with Gasteiger partial charge in [0.2, 0.25) is 0 Å². The Hall–Kier alpha value is -2.26. The highest BCUT2D eigenvalue weighted by Crippen LogP contribution is 2.19. The van der Waals surface area contributed by atoms with Crippen molar-refractivity contribution in [1.82, 2.24) is 15.5 Å². The molecule has 6 nitrogen and oxygen atoms in total. The van der Waals surface area contributed by atoms with Gasteiger partial charge < -0.3 is 20.3 Å². The Morgan fingerprint density at radius 1 is 1.40 bits per heavy atom. The fourth-order valence-corrected chi connectivity index (χ4v) is 1.63. The first-order valence-electron chi connectivity index (χ1n) is 6.31. The van der Waals surface area contributed by atoms with Crippen LogP contribution in [0.1, 0.15) is 11.1 Å². The van der Waals surface area contributed by atoms with Crippen molar-refractivity contribution in [3.05, 3.63) is 29.3 Å². The molecule has 1 aromatic carbocycles. The number of methoxy groups -OCH3 is 1. The molecule has 0 unspecified atom stereocenters. The van der Waals surface area contributed by atoms with E-state index >= 15 is 0 Å². The lowest BCUT2D eigenvalue weighted by Crippen LogP contribution is -2.38. The number of hydrogen-bond acceptors (Lipinski definition) is 4. The van der Waals surface area contributed by atoms with Crippen molar-refractivity contribution in [1.29, 1.82) is 5.26 Å². The fourth-order valence-electron chi connectivity index (χ4n) is 1.63. The van der Waals surface area contributed by atoms with Gasteiger partial charge in [-0.25, -0.2) is 4.79 Å². The maximum atomic E-state index is 11.3. The summed E-state index contributed by atoms with van der Waals surface area (Å²) >= 11 is 0. The van der Waals surface area contributed by atoms with Crippen molar-refractivity contribution in [2.45, 2.75) is 6.54 Å². The third kappa shape index (κ3) is 4.78. The third-order valence-electron chi connectivity index (χ3n) is 2.71. The molecule has 0 spiro atoms. The molecule has 0 bridgehead atoms. The van der Waals surface area contributed by atoms with Gasteiger partial charge in [-0.05, 0) is 18.2 Å². The number of nitriles is 1. The Bertz CT molecular complexity index is 494. The van der Waals surface area contributed by atoms with Crippen molar-refractivity contribution in [3.63, 3.8) is 0 Å². The summed E-state index contributed by atoms with van der Waals surface area (Å²) in [6.07, 6.45) is 0. The lowest BCUT2D eigenvalue weighted by atomic mass is 10.1. The van der Waals surface area contributed by atoms with Crippen molar-refractivity contribution in [2.24, 2.45) is 0 Å². The van der Waals surface area contributed by atoms with Crippen LogP contribution in [0.3, 0.4) is 0 Å². The Kier molecular flexibility index (Phi) is 6.33. The number of benzene rings is 1. The first-order valence-corrected chi connectivity index (χ1v) is 6.31. The molecule has 6 heteroatoms. The molecule has 0 heterocycles. The Morgan fingerprint density at radius 2 is 2.15 bits per heavy atom. The minimum absolute atomic E-state index is 0.115. The highest BCUT2D eigenvalue weighted by atomic mass is 16.5. The van der Waals surface area contributed by atoms with Gasteiger partial charge in [0.25, 0.3) is 0 Å². The van der Waals surface area contributed by atoms with Gasteiger partial charge in [0.15, 0.2) is 0 Å². The molecule has 2 amide bonds. The van der Waals surface area contributed by atoms with Crippen LogP contribution in [0.5, 0.6) is 5.75 Å². The van der Waals surface area contributed by atoms with Gasteiger partial charge in [0, 0.05) is 39.3 Å². The molecule has 2 N–H and O–H groups in total. The predicted molar refractivity (Wildman–Crippen MR) is 76.5 cm³/mol. The SMILES string of the molecule is COc1ccc(C#N)cc1CNCCNC(=O)N(C)C. The summed E-state index contributed by atoms with van der Waals surface area (Å²) in [6.45, 7) is 1.76. The van der Waals surface area contributed by atoms with Crippen LogP contribution in [0.15, 0.2) is 18.2 Å². The molecule has 0 aliphatic rings. The molecule has 0 aliphatic heterocycles. The number of carbonyl (C=O) groups excluding carboxylic acids is 1. The molecule has 1 rings (SSSR count). The van der Waals surface area contributed by atoms with Gasteiger partial charge in [-0.1, -0.05) is 0 Å². The van der Waals surface area contributed by atoms with Crippen LogP contribution in [0.25, 0.3) is 0 Å². The van der Waals surface area contributed by atoms with E-state index < -0.39 is 0 Å². The van der Waals surface area contributed by atoms with Crippen LogP contribution in [-0.4, -0.2) is 45.2 Å². The van der Waals surface area contributed by atoms with Crippen molar-refractivity contribution in [2.75, 3.05) is 34.3 Å². The fraction of sp³-hybridized carbons (Fsp3) is 0.429. The van der Waals surface area contributed by atoms with Crippen LogP contribution >= 0.6 is 0 Å². The number of urea groups is 1. The standard InChI is InChI=1S/C14H20N4O2/c1-18(2)14(19)17-7-6-16-10-12-8-11(9-15)4-5-13(12)20-3/h4-5,8,16H,6-7,10H2,1-3H3,(H,17,19). The van der Waals surface area contributed by atoms with E-state index in [0.717, 1.165) is 11.3 Å². The van der Waals surface area contributed by atoms with E-state index in [-0.39, 0.29) is 6.03 Å². The zero-order valence-corrected chi connectivity index (χ0v) is 12.1. The predicted octanol–water partition coefficient (Wildman–Crippen LogP) is 0.928. The minimum Gasteiger partial charge on any atom is -0.496 e. The summed E-state index contributed by atoms with van der Waals surface area (Å²) in [5.41, 5.74) is 1.52. The maximum Gasteiger partial charge on any atom is 0.316 e. The number of hydrogen-bond donors (Lipinski definition) is 2. The summed E-state index contributed by atoms with van der Waals surface area (Å²) in [7, 11) is 4.99. The molecule has 0 fully saturated rings. The average Bonchev–Trinajstić information content (AvgIpc) is 2.46. The average molecular weight is 276 g/mol. The van der Waals surface area contributed by atoms with E-state index in [1.807, 2.05) is 0 Å². The van der Waals surface area contributed by atoms with Crippen LogP contribution in [0.2, 0.25) is 0 Å². The molecule has 0 aliphatic carbocycles. The second kappa shape index (κ2) is 8.02. The van der Waals surface area contributed by atoms with E-state index in [0.29, 0.717) is 25.2 Å². The molecular formula is C14H20N4O2. The summed E-state index contributed by atoms with van der Waals surface area (Å²) in [5.74, 6) is 0.744. The highest BCUT2D eigenvalue weighted by molar-refractivity contribution is 5.73. The van der Waals surface area contributed by atoms with Crippen LogP contribution in [0.4, 0.5) is 4.79 Å². The van der Waals surface area contributed by atoms with Gasteiger partial charge in [-0.2, -0.15) is 5.26 Å². The monoisotopic (exact) mass is 276 g/mol. The van der Waals surface area contributed by atoms with E-state index in [1.54, 1.807) is 39.4 Å². The van der Waals surface area contributed by atoms with Gasteiger partial charge in [0.1, 0.15) is 5.75 Å². The maximum absolute atomic E-state index is 11.3. The number of carbonyl (C=O) groups is 1. The van der Waals surface area contributed by atoms with E-state index in [9.17, 15) is 4.79 Å². The Morgan fingerprint density at radius 3 is 2.75 bits per heavy atom. The van der Waals surface area contributed by atoms with Crippen molar-refractivity contribution in [3.8, 4) is 11.8 Å². The van der Waals surface area contributed by atoms with Gasteiger partial charge in [-0.15, -0.1) is 0 Å². The molecule has 0 radical (unpaired) electrons. The number of amides is 2. The zero-order chi connectivity index (χ0) is 15.0. The Labute approximate surface area is 119 Å². The first kappa shape index (κ1) is 15.8. The number of rotatable bonds is 6. The van der Waals surface area contributed by atoms with Gasteiger partial charge in [-0.3, -0.25) is 0 Å². The summed E-state index contributed by atoms with van der Waals surface area (Å²) in [6, 6.07) is 7.29. The zero-order valence-electron chi connectivity index (χ0n) is 12.1. The molecule has 0 aromatic heterocycles. The smallest absolute Gasteiger partial charge is 0.316 e. The van der Waals surface area contributed by atoms with Crippen LogP contribution in [-0.2, 0) is 6.54 Å². The van der Waals surface area contributed by atoms with Crippen molar-refractivity contribution < 1.29 is 9.53 Å². The summed E-state index contributed by atoms with van der Waals surface area (Å²) in [4.78, 5) is 12.8. The van der Waals surface area contributed by atoms with Crippen LogP contribution < -0.4 is 15.4 Å². The quantitative estimate of drug-likeness (QED) is 0.758. The Balaban J connectivity index is 2.42. The number of ether oxygens (including phenoxy) is 1. The van der Waals surface area contributed by atoms with Gasteiger partial charge in [0.05, 0.1) is 18.7 Å². The lowest BCUT2D eigenvalue weighted by Gasteiger charge is -2.13. The second-order valence-corrected chi connectivity index (χ2v) is 4.44. The van der Waals surface area contributed by atoms with Crippen molar-refractivity contribution >= 4 is 6.03 Å². The summed E-state index contributed by atoms with van der Waals surface area (Å²) < 4.78 is 5.25. The normalized spacial score (nSPS) is 9.70. The first-order chi connectivity index (χ1) is 9.58. The minimum atomic E-state index is -0.115. The number of nitrogens with zero attached hydrogens (tertiary/aromatic N) is 2. The van der Waals surface area contributed by atoms with E-state index in [1.165, 1.54) is 4.90 Å². The van der Waals surface area contributed by atoms with Gasteiger partial charge >= 0.3 is 6.03 Å². The van der Waals surface area contributed by atoms with Crippen LogP contribution in [0, 0.1) is 11.3 Å². The highest BCUT2D eigenvalue weighted by Gasteiger charge is 2.05. The molecule has 0 atom stereocenters. The molecular weight excluding hydrogens is 256 g/mol.